The van der Waals surface area contributed by atoms with Gasteiger partial charge in [0.2, 0.25) is 0 Å². The molecule has 0 aliphatic rings. The van der Waals surface area contributed by atoms with Crippen LogP contribution < -0.4 is 5.32 Å². The Hall–Kier alpha value is -1.06. The molecule has 0 bridgehead atoms. The van der Waals surface area contributed by atoms with Crippen molar-refractivity contribution < 1.29 is 4.74 Å². The molecule has 0 amide bonds. The molecule has 0 spiro atoms. The van der Waals surface area contributed by atoms with E-state index in [0.29, 0.717) is 29.2 Å². The monoisotopic (exact) mass is 407 g/mol. The molecular formula is C23H31Cl2NO. The van der Waals surface area contributed by atoms with Crippen LogP contribution in [0, 0.1) is 13.8 Å². The number of rotatable bonds is 11. The first-order valence-corrected chi connectivity index (χ1v) is 10.6. The van der Waals surface area contributed by atoms with E-state index in [1.807, 2.05) is 18.2 Å². The predicted molar refractivity (Wildman–Crippen MR) is 117 cm³/mol. The Balaban J connectivity index is 2.03. The third kappa shape index (κ3) is 6.80. The second-order valence-corrected chi connectivity index (χ2v) is 7.94. The van der Waals surface area contributed by atoms with E-state index in [0.717, 1.165) is 18.7 Å². The largest absolute Gasteiger partial charge is 0.376 e. The summed E-state index contributed by atoms with van der Waals surface area (Å²) in [5.74, 6) is 0.300. The smallest absolute Gasteiger partial charge is 0.0746 e. The number of hydrogen-bond acceptors (Lipinski definition) is 2. The maximum absolute atomic E-state index is 6.27. The van der Waals surface area contributed by atoms with Gasteiger partial charge in [0.25, 0.3) is 0 Å². The van der Waals surface area contributed by atoms with E-state index in [-0.39, 0.29) is 0 Å². The van der Waals surface area contributed by atoms with E-state index in [4.69, 9.17) is 27.9 Å². The lowest BCUT2D eigenvalue weighted by atomic mass is 9.91. The molecule has 2 nitrogen and oxygen atoms in total. The fourth-order valence-electron chi connectivity index (χ4n) is 3.47. The molecule has 1 unspecified atom stereocenters. The van der Waals surface area contributed by atoms with Crippen LogP contribution in [0.4, 0.5) is 0 Å². The number of nitrogens with one attached hydrogen (secondary N) is 1. The minimum atomic E-state index is 0.300. The van der Waals surface area contributed by atoms with Gasteiger partial charge >= 0.3 is 0 Å². The van der Waals surface area contributed by atoms with Crippen molar-refractivity contribution in [1.82, 2.24) is 5.32 Å². The van der Waals surface area contributed by atoms with Gasteiger partial charge in [-0.05, 0) is 55.6 Å². The molecule has 2 aromatic carbocycles. The highest BCUT2D eigenvalue weighted by Crippen LogP contribution is 2.27. The van der Waals surface area contributed by atoms with Crippen molar-refractivity contribution in [3.8, 4) is 0 Å². The summed E-state index contributed by atoms with van der Waals surface area (Å²) in [4.78, 5) is 0. The molecule has 0 aromatic heterocycles. The van der Waals surface area contributed by atoms with Gasteiger partial charge in [-0.2, -0.15) is 0 Å². The SMILES string of the molecule is CCCCCNCC(COCc1c(Cl)cccc1Cl)c1c(C)cccc1C. The number of ether oxygens (including phenoxy) is 1. The normalized spacial score (nSPS) is 12.3. The van der Waals surface area contributed by atoms with Crippen molar-refractivity contribution in [2.75, 3.05) is 19.7 Å². The third-order valence-corrected chi connectivity index (χ3v) is 5.63. The summed E-state index contributed by atoms with van der Waals surface area (Å²) in [6.07, 6.45) is 3.72. The van der Waals surface area contributed by atoms with Gasteiger partial charge in [-0.15, -0.1) is 0 Å². The van der Waals surface area contributed by atoms with E-state index in [2.05, 4.69) is 44.3 Å². The van der Waals surface area contributed by atoms with Crippen LogP contribution in [-0.2, 0) is 11.3 Å². The van der Waals surface area contributed by atoms with Crippen molar-refractivity contribution in [3.63, 3.8) is 0 Å². The summed E-state index contributed by atoms with van der Waals surface area (Å²) >= 11 is 12.5. The molecule has 0 fully saturated rings. The second kappa shape index (κ2) is 11.7. The number of halogens is 2. The van der Waals surface area contributed by atoms with Crippen molar-refractivity contribution in [2.24, 2.45) is 0 Å². The lowest BCUT2D eigenvalue weighted by molar-refractivity contribution is 0.106. The number of hydrogen-bond donors (Lipinski definition) is 1. The third-order valence-electron chi connectivity index (χ3n) is 4.93. The van der Waals surface area contributed by atoms with Crippen LogP contribution in [-0.4, -0.2) is 19.7 Å². The first-order valence-electron chi connectivity index (χ1n) is 9.82. The van der Waals surface area contributed by atoms with E-state index >= 15 is 0 Å². The molecule has 27 heavy (non-hydrogen) atoms. The zero-order chi connectivity index (χ0) is 19.6. The molecule has 4 heteroatoms. The van der Waals surface area contributed by atoms with E-state index < -0.39 is 0 Å². The minimum Gasteiger partial charge on any atom is -0.376 e. The Kier molecular flexibility index (Phi) is 9.64. The summed E-state index contributed by atoms with van der Waals surface area (Å²) in [7, 11) is 0. The molecule has 0 aliphatic heterocycles. The standard InChI is InChI=1S/C23H31Cl2NO/c1-4-5-6-13-26-14-19(23-17(2)9-7-10-18(23)3)15-27-16-20-21(24)11-8-12-22(20)25/h7-12,19,26H,4-6,13-16H2,1-3H3. The van der Waals surface area contributed by atoms with Crippen molar-refractivity contribution >= 4 is 23.2 Å². The summed E-state index contributed by atoms with van der Waals surface area (Å²) in [6.45, 7) is 9.60. The van der Waals surface area contributed by atoms with E-state index in [9.17, 15) is 0 Å². The Morgan fingerprint density at radius 1 is 0.963 bits per heavy atom. The summed E-state index contributed by atoms with van der Waals surface area (Å²) in [6, 6.07) is 12.0. The van der Waals surface area contributed by atoms with Gasteiger partial charge in [0.05, 0.1) is 13.2 Å². The molecule has 0 radical (unpaired) electrons. The lowest BCUT2D eigenvalue weighted by Crippen LogP contribution is -2.26. The highest BCUT2D eigenvalue weighted by atomic mass is 35.5. The number of unbranched alkanes of at least 4 members (excludes halogenated alkanes) is 2. The molecule has 1 atom stereocenters. The van der Waals surface area contributed by atoms with E-state index in [1.54, 1.807) is 0 Å². The Labute approximate surface area is 174 Å². The quantitative estimate of drug-likeness (QED) is 0.418. The van der Waals surface area contributed by atoms with Crippen LogP contribution in [0.3, 0.4) is 0 Å². The summed E-state index contributed by atoms with van der Waals surface area (Å²) in [5.41, 5.74) is 4.87. The van der Waals surface area contributed by atoms with Crippen LogP contribution in [0.5, 0.6) is 0 Å². The molecular weight excluding hydrogens is 377 g/mol. The van der Waals surface area contributed by atoms with Gasteiger partial charge in [-0.25, -0.2) is 0 Å². The Morgan fingerprint density at radius 3 is 2.22 bits per heavy atom. The maximum Gasteiger partial charge on any atom is 0.0746 e. The number of aryl methyl sites for hydroxylation is 2. The maximum atomic E-state index is 6.27. The first kappa shape index (κ1) is 22.2. The second-order valence-electron chi connectivity index (χ2n) is 7.13. The minimum absolute atomic E-state index is 0.300. The van der Waals surface area contributed by atoms with Gasteiger partial charge in [-0.1, -0.05) is 67.2 Å². The highest BCUT2D eigenvalue weighted by molar-refractivity contribution is 6.35. The zero-order valence-electron chi connectivity index (χ0n) is 16.7. The van der Waals surface area contributed by atoms with E-state index in [1.165, 1.54) is 36.0 Å². The van der Waals surface area contributed by atoms with Gasteiger partial charge in [0.1, 0.15) is 0 Å². The zero-order valence-corrected chi connectivity index (χ0v) is 18.2. The Bertz CT molecular complexity index is 677. The topological polar surface area (TPSA) is 21.3 Å². The van der Waals surface area contributed by atoms with Crippen LogP contribution in [0.15, 0.2) is 36.4 Å². The fraction of sp³-hybridized carbons (Fsp3) is 0.478. The molecule has 0 heterocycles. The van der Waals surface area contributed by atoms with Crippen molar-refractivity contribution in [1.29, 1.82) is 0 Å². The van der Waals surface area contributed by atoms with Gasteiger partial charge < -0.3 is 10.1 Å². The molecule has 2 rings (SSSR count). The molecule has 148 valence electrons. The van der Waals surface area contributed by atoms with Crippen LogP contribution >= 0.6 is 23.2 Å². The lowest BCUT2D eigenvalue weighted by Gasteiger charge is -2.23. The van der Waals surface area contributed by atoms with Crippen LogP contribution in [0.1, 0.15) is 54.4 Å². The highest BCUT2D eigenvalue weighted by Gasteiger charge is 2.17. The summed E-state index contributed by atoms with van der Waals surface area (Å²) < 4.78 is 6.08. The van der Waals surface area contributed by atoms with Gasteiger partial charge in [0, 0.05) is 28.1 Å². The van der Waals surface area contributed by atoms with Crippen LogP contribution in [0.2, 0.25) is 10.0 Å². The molecule has 0 saturated heterocycles. The fourth-order valence-corrected chi connectivity index (χ4v) is 3.97. The summed E-state index contributed by atoms with van der Waals surface area (Å²) in [5, 5.41) is 4.93. The molecule has 1 N–H and O–H groups in total. The average molecular weight is 408 g/mol. The Morgan fingerprint density at radius 2 is 1.59 bits per heavy atom. The molecule has 0 aliphatic carbocycles. The van der Waals surface area contributed by atoms with Gasteiger partial charge in [0.15, 0.2) is 0 Å². The van der Waals surface area contributed by atoms with Crippen molar-refractivity contribution in [3.05, 3.63) is 68.7 Å². The average Bonchev–Trinajstić information content (AvgIpc) is 2.63. The van der Waals surface area contributed by atoms with Crippen LogP contribution in [0.25, 0.3) is 0 Å². The number of benzene rings is 2. The predicted octanol–water partition coefficient (Wildman–Crippen LogP) is 6.69. The first-order chi connectivity index (χ1) is 13.0. The molecule has 0 saturated carbocycles. The van der Waals surface area contributed by atoms with Crippen molar-refractivity contribution in [2.45, 2.75) is 52.6 Å². The molecule has 2 aromatic rings. The van der Waals surface area contributed by atoms with Gasteiger partial charge in [-0.3, -0.25) is 0 Å².